The van der Waals surface area contributed by atoms with E-state index in [9.17, 15) is 13.2 Å². The Labute approximate surface area is 151 Å². The SMILES string of the molecule is O=C(Nc1ccc(Cl)cn1)C1CCN(S(=O)(=O)c2ccccc2)CC1. The molecule has 0 radical (unpaired) electrons. The second-order valence-corrected chi connectivity index (χ2v) is 8.22. The molecule has 8 heteroatoms. The summed E-state index contributed by atoms with van der Waals surface area (Å²) in [5, 5.41) is 3.25. The van der Waals surface area contributed by atoms with Crippen molar-refractivity contribution in [3.63, 3.8) is 0 Å². The molecule has 0 unspecified atom stereocenters. The fourth-order valence-electron chi connectivity index (χ4n) is 2.78. The van der Waals surface area contributed by atoms with Crippen molar-refractivity contribution < 1.29 is 13.2 Å². The average Bonchev–Trinajstić information content (AvgIpc) is 2.64. The van der Waals surface area contributed by atoms with E-state index in [4.69, 9.17) is 11.6 Å². The molecule has 2 aromatic rings. The second-order valence-electron chi connectivity index (χ2n) is 5.84. The van der Waals surface area contributed by atoms with E-state index in [0.29, 0.717) is 36.8 Å². The highest BCUT2D eigenvalue weighted by molar-refractivity contribution is 7.89. The van der Waals surface area contributed by atoms with Gasteiger partial charge in [0.25, 0.3) is 0 Å². The maximum Gasteiger partial charge on any atom is 0.243 e. The minimum Gasteiger partial charge on any atom is -0.310 e. The molecular weight excluding hydrogens is 362 g/mol. The number of carbonyl (C=O) groups excluding carboxylic acids is 1. The lowest BCUT2D eigenvalue weighted by molar-refractivity contribution is -0.120. The van der Waals surface area contributed by atoms with Crippen molar-refractivity contribution in [1.29, 1.82) is 0 Å². The van der Waals surface area contributed by atoms with E-state index >= 15 is 0 Å². The maximum atomic E-state index is 12.6. The number of nitrogens with one attached hydrogen (secondary N) is 1. The molecule has 1 aromatic heterocycles. The van der Waals surface area contributed by atoms with Crippen LogP contribution in [0.4, 0.5) is 5.82 Å². The Hall–Kier alpha value is -1.96. The zero-order valence-corrected chi connectivity index (χ0v) is 15.0. The number of piperidine rings is 1. The van der Waals surface area contributed by atoms with Crippen LogP contribution in [0.25, 0.3) is 0 Å². The zero-order valence-electron chi connectivity index (χ0n) is 13.4. The number of amides is 1. The van der Waals surface area contributed by atoms with Gasteiger partial charge in [0.2, 0.25) is 15.9 Å². The van der Waals surface area contributed by atoms with Gasteiger partial charge in [-0.25, -0.2) is 13.4 Å². The molecule has 1 aromatic carbocycles. The van der Waals surface area contributed by atoms with Crippen molar-refractivity contribution in [2.75, 3.05) is 18.4 Å². The standard InChI is InChI=1S/C17H18ClN3O3S/c18-14-6-7-16(19-12-14)20-17(22)13-8-10-21(11-9-13)25(23,24)15-4-2-1-3-5-15/h1-7,12-13H,8-11H2,(H,19,20,22). The average molecular weight is 380 g/mol. The van der Waals surface area contributed by atoms with E-state index in [1.807, 2.05) is 0 Å². The third kappa shape index (κ3) is 4.18. The van der Waals surface area contributed by atoms with Crippen molar-refractivity contribution in [2.45, 2.75) is 17.7 Å². The van der Waals surface area contributed by atoms with Crippen LogP contribution in [-0.4, -0.2) is 36.7 Å². The lowest BCUT2D eigenvalue weighted by Gasteiger charge is -2.30. The Morgan fingerprint density at radius 1 is 1.12 bits per heavy atom. The van der Waals surface area contributed by atoms with Crippen molar-refractivity contribution in [2.24, 2.45) is 5.92 Å². The minimum atomic E-state index is -3.50. The van der Waals surface area contributed by atoms with Gasteiger partial charge < -0.3 is 5.32 Å². The van der Waals surface area contributed by atoms with E-state index in [2.05, 4.69) is 10.3 Å². The summed E-state index contributed by atoms with van der Waals surface area (Å²) in [5.74, 6) is 0.0556. The summed E-state index contributed by atoms with van der Waals surface area (Å²) in [4.78, 5) is 16.6. The zero-order chi connectivity index (χ0) is 17.9. The van der Waals surface area contributed by atoms with E-state index in [1.54, 1.807) is 42.5 Å². The van der Waals surface area contributed by atoms with Gasteiger partial charge in [0.05, 0.1) is 9.92 Å². The quantitative estimate of drug-likeness (QED) is 0.885. The predicted octanol–water partition coefficient (Wildman–Crippen LogP) is 2.77. The van der Waals surface area contributed by atoms with Crippen LogP contribution < -0.4 is 5.32 Å². The van der Waals surface area contributed by atoms with Crippen molar-refractivity contribution >= 4 is 33.3 Å². The Balaban J connectivity index is 1.60. The van der Waals surface area contributed by atoms with Crippen molar-refractivity contribution in [3.05, 3.63) is 53.7 Å². The highest BCUT2D eigenvalue weighted by Gasteiger charge is 2.32. The number of anilines is 1. The van der Waals surface area contributed by atoms with E-state index in [1.165, 1.54) is 10.5 Å². The van der Waals surface area contributed by atoms with Gasteiger partial charge in [-0.05, 0) is 37.1 Å². The Morgan fingerprint density at radius 3 is 2.40 bits per heavy atom. The summed E-state index contributed by atoms with van der Waals surface area (Å²) in [5.41, 5.74) is 0. The molecule has 3 rings (SSSR count). The van der Waals surface area contributed by atoms with E-state index < -0.39 is 10.0 Å². The van der Waals surface area contributed by atoms with Crippen LogP contribution in [0.2, 0.25) is 5.02 Å². The number of hydrogen-bond acceptors (Lipinski definition) is 4. The molecule has 1 fully saturated rings. The van der Waals surface area contributed by atoms with Gasteiger partial charge in [0.1, 0.15) is 5.82 Å². The van der Waals surface area contributed by atoms with Gasteiger partial charge in [-0.15, -0.1) is 0 Å². The number of carbonyl (C=O) groups is 1. The Kier molecular flexibility index (Phi) is 5.36. The number of benzene rings is 1. The first kappa shape index (κ1) is 17.8. The molecule has 1 N–H and O–H groups in total. The normalized spacial score (nSPS) is 16.5. The summed E-state index contributed by atoms with van der Waals surface area (Å²) in [6.07, 6.45) is 2.42. The first-order valence-corrected chi connectivity index (χ1v) is 9.76. The summed E-state index contributed by atoms with van der Waals surface area (Å²) < 4.78 is 26.6. The largest absolute Gasteiger partial charge is 0.310 e. The fourth-order valence-corrected chi connectivity index (χ4v) is 4.38. The number of aromatic nitrogens is 1. The predicted molar refractivity (Wildman–Crippen MR) is 95.8 cm³/mol. The highest BCUT2D eigenvalue weighted by atomic mass is 35.5. The minimum absolute atomic E-state index is 0.147. The Morgan fingerprint density at radius 2 is 1.80 bits per heavy atom. The molecule has 0 aliphatic carbocycles. The molecule has 2 heterocycles. The first-order valence-electron chi connectivity index (χ1n) is 7.94. The number of pyridine rings is 1. The molecule has 6 nitrogen and oxygen atoms in total. The number of sulfonamides is 1. The van der Waals surface area contributed by atoms with Gasteiger partial charge in [-0.1, -0.05) is 29.8 Å². The number of halogens is 1. The third-order valence-electron chi connectivity index (χ3n) is 4.18. The molecule has 0 saturated carbocycles. The third-order valence-corrected chi connectivity index (χ3v) is 6.32. The highest BCUT2D eigenvalue weighted by Crippen LogP contribution is 2.24. The van der Waals surface area contributed by atoms with Crippen LogP contribution in [0.3, 0.4) is 0 Å². The smallest absolute Gasteiger partial charge is 0.243 e. The van der Waals surface area contributed by atoms with Crippen molar-refractivity contribution in [1.82, 2.24) is 9.29 Å². The van der Waals surface area contributed by atoms with E-state index in [-0.39, 0.29) is 16.7 Å². The molecule has 1 amide bonds. The molecule has 0 atom stereocenters. The monoisotopic (exact) mass is 379 g/mol. The summed E-state index contributed by atoms with van der Waals surface area (Å²) in [6.45, 7) is 0.646. The molecule has 1 aliphatic rings. The molecular formula is C17H18ClN3O3S. The molecule has 1 aliphatic heterocycles. The summed E-state index contributed by atoms with van der Waals surface area (Å²) in [7, 11) is -3.50. The van der Waals surface area contributed by atoms with Crippen LogP contribution in [0.15, 0.2) is 53.6 Å². The molecule has 1 saturated heterocycles. The van der Waals surface area contributed by atoms with Crippen LogP contribution in [0, 0.1) is 5.92 Å². The lowest BCUT2D eigenvalue weighted by Crippen LogP contribution is -2.41. The summed E-state index contributed by atoms with van der Waals surface area (Å²) in [6, 6.07) is 11.6. The number of rotatable bonds is 4. The number of hydrogen-bond donors (Lipinski definition) is 1. The summed E-state index contributed by atoms with van der Waals surface area (Å²) >= 11 is 5.77. The van der Waals surface area contributed by atoms with Gasteiger partial charge >= 0.3 is 0 Å². The van der Waals surface area contributed by atoms with Crippen LogP contribution in [-0.2, 0) is 14.8 Å². The van der Waals surface area contributed by atoms with Crippen LogP contribution in [0.1, 0.15) is 12.8 Å². The lowest BCUT2D eigenvalue weighted by atomic mass is 9.97. The van der Waals surface area contributed by atoms with Crippen LogP contribution in [0.5, 0.6) is 0 Å². The van der Waals surface area contributed by atoms with Crippen LogP contribution >= 0.6 is 11.6 Å². The fraction of sp³-hybridized carbons (Fsp3) is 0.294. The van der Waals surface area contributed by atoms with Gasteiger partial charge in [-0.2, -0.15) is 4.31 Å². The van der Waals surface area contributed by atoms with Crippen molar-refractivity contribution in [3.8, 4) is 0 Å². The topological polar surface area (TPSA) is 79.4 Å². The van der Waals surface area contributed by atoms with E-state index in [0.717, 1.165) is 0 Å². The molecule has 25 heavy (non-hydrogen) atoms. The number of nitrogens with zero attached hydrogens (tertiary/aromatic N) is 2. The second kappa shape index (κ2) is 7.51. The maximum absolute atomic E-state index is 12.6. The van der Waals surface area contributed by atoms with Gasteiger partial charge in [0, 0.05) is 25.2 Å². The molecule has 0 bridgehead atoms. The molecule has 0 spiro atoms. The van der Waals surface area contributed by atoms with Gasteiger partial charge in [-0.3, -0.25) is 4.79 Å². The first-order chi connectivity index (χ1) is 12.0. The van der Waals surface area contributed by atoms with Gasteiger partial charge in [0.15, 0.2) is 0 Å². The Bertz CT molecular complexity index is 833. The molecule has 132 valence electrons.